The summed E-state index contributed by atoms with van der Waals surface area (Å²) in [5, 5.41) is 2.42. The quantitative estimate of drug-likeness (QED) is 0.606. The van der Waals surface area contributed by atoms with Crippen LogP contribution in [0.5, 0.6) is 5.75 Å². The SMILES string of the molecule is CCOc1cccc2ccccc12.[H-].[Li+]. The molecule has 0 bridgehead atoms. The first-order chi connectivity index (χ1) is 6.42. The molecule has 0 aromatic heterocycles. The number of ether oxygens (including phenoxy) is 1. The van der Waals surface area contributed by atoms with Crippen LogP contribution in [0.2, 0.25) is 0 Å². The van der Waals surface area contributed by atoms with Gasteiger partial charge in [0.2, 0.25) is 0 Å². The first kappa shape index (κ1) is 11.2. The van der Waals surface area contributed by atoms with E-state index in [1.807, 2.05) is 31.2 Å². The maximum atomic E-state index is 5.52. The van der Waals surface area contributed by atoms with Gasteiger partial charge in [-0.1, -0.05) is 36.4 Å². The number of hydrogen-bond donors (Lipinski definition) is 0. The van der Waals surface area contributed by atoms with Gasteiger partial charge in [-0.2, -0.15) is 0 Å². The Labute approximate surface area is 97.7 Å². The Morgan fingerprint density at radius 1 is 1.07 bits per heavy atom. The Bertz CT molecular complexity index is 412. The molecule has 2 heteroatoms. The van der Waals surface area contributed by atoms with Crippen LogP contribution in [0.1, 0.15) is 8.35 Å². The molecule has 0 aliphatic carbocycles. The molecule has 2 aromatic rings. The van der Waals surface area contributed by atoms with E-state index in [1.165, 1.54) is 10.8 Å². The van der Waals surface area contributed by atoms with E-state index in [9.17, 15) is 0 Å². The molecular weight excluding hydrogens is 167 g/mol. The molecule has 0 aliphatic rings. The zero-order valence-corrected chi connectivity index (χ0v) is 8.66. The third kappa shape index (κ3) is 2.12. The Hall–Kier alpha value is -0.903. The van der Waals surface area contributed by atoms with Gasteiger partial charge in [0.15, 0.2) is 0 Å². The molecule has 0 fully saturated rings. The average molecular weight is 180 g/mol. The molecule has 14 heavy (non-hydrogen) atoms. The second-order valence-corrected chi connectivity index (χ2v) is 2.91. The van der Waals surface area contributed by atoms with Crippen LogP contribution >= 0.6 is 0 Å². The van der Waals surface area contributed by atoms with Crippen molar-refractivity contribution in [2.24, 2.45) is 0 Å². The van der Waals surface area contributed by atoms with Gasteiger partial charge in [0, 0.05) is 5.39 Å². The van der Waals surface area contributed by atoms with Crippen LogP contribution in [0.15, 0.2) is 42.5 Å². The average Bonchev–Trinajstić information content (AvgIpc) is 2.19. The molecule has 0 atom stereocenters. The second-order valence-electron chi connectivity index (χ2n) is 2.91. The summed E-state index contributed by atoms with van der Waals surface area (Å²) in [5.41, 5.74) is 0. The molecule has 0 unspecified atom stereocenters. The molecule has 68 valence electrons. The minimum absolute atomic E-state index is 0. The summed E-state index contributed by atoms with van der Waals surface area (Å²) in [6.07, 6.45) is 0. The van der Waals surface area contributed by atoms with E-state index in [0.29, 0.717) is 6.61 Å². The van der Waals surface area contributed by atoms with Gasteiger partial charge in [-0.3, -0.25) is 0 Å². The van der Waals surface area contributed by atoms with Gasteiger partial charge in [-0.25, -0.2) is 0 Å². The minimum atomic E-state index is 0. The van der Waals surface area contributed by atoms with Gasteiger partial charge in [0.1, 0.15) is 5.75 Å². The van der Waals surface area contributed by atoms with Crippen molar-refractivity contribution in [1.29, 1.82) is 0 Å². The van der Waals surface area contributed by atoms with Gasteiger partial charge < -0.3 is 6.16 Å². The van der Waals surface area contributed by atoms with Crippen molar-refractivity contribution in [1.82, 2.24) is 0 Å². The van der Waals surface area contributed by atoms with Crippen LogP contribution < -0.4 is 23.6 Å². The monoisotopic (exact) mass is 180 g/mol. The Kier molecular flexibility index (Phi) is 4.07. The fraction of sp³-hybridized carbons (Fsp3) is 0.167. The number of fused-ring (bicyclic) bond motifs is 1. The summed E-state index contributed by atoms with van der Waals surface area (Å²) in [6.45, 7) is 2.72. The summed E-state index contributed by atoms with van der Waals surface area (Å²) < 4.78 is 5.52. The largest absolute Gasteiger partial charge is 1.00 e. The van der Waals surface area contributed by atoms with Crippen molar-refractivity contribution in [3.05, 3.63) is 42.5 Å². The molecule has 0 heterocycles. The smallest absolute Gasteiger partial charge is 1.00 e. The number of benzene rings is 2. The van der Waals surface area contributed by atoms with Crippen LogP contribution in [-0.2, 0) is 0 Å². The fourth-order valence-electron chi connectivity index (χ4n) is 1.48. The number of rotatable bonds is 2. The van der Waals surface area contributed by atoms with Crippen LogP contribution in [0.3, 0.4) is 0 Å². The summed E-state index contributed by atoms with van der Waals surface area (Å²) in [7, 11) is 0. The normalized spacial score (nSPS) is 9.50. The van der Waals surface area contributed by atoms with Gasteiger partial charge >= 0.3 is 18.9 Å². The van der Waals surface area contributed by atoms with Crippen molar-refractivity contribution < 1.29 is 25.0 Å². The predicted octanol–water partition coefficient (Wildman–Crippen LogP) is 0.355. The van der Waals surface area contributed by atoms with Crippen molar-refractivity contribution in [3.8, 4) is 5.75 Å². The zero-order valence-electron chi connectivity index (χ0n) is 9.66. The summed E-state index contributed by atoms with van der Waals surface area (Å²) in [4.78, 5) is 0. The van der Waals surface area contributed by atoms with E-state index in [2.05, 4.69) is 18.2 Å². The molecule has 0 aliphatic heterocycles. The van der Waals surface area contributed by atoms with E-state index in [0.717, 1.165) is 5.75 Å². The van der Waals surface area contributed by atoms with Crippen molar-refractivity contribution in [3.63, 3.8) is 0 Å². The van der Waals surface area contributed by atoms with Gasteiger partial charge in [-0.15, -0.1) is 0 Å². The molecule has 2 rings (SSSR count). The first-order valence-electron chi connectivity index (χ1n) is 4.52. The summed E-state index contributed by atoms with van der Waals surface area (Å²) in [6, 6.07) is 14.4. The van der Waals surface area contributed by atoms with Crippen molar-refractivity contribution in [2.45, 2.75) is 6.92 Å². The van der Waals surface area contributed by atoms with Gasteiger partial charge in [0.05, 0.1) is 6.61 Å². The zero-order chi connectivity index (χ0) is 9.10. The minimum Gasteiger partial charge on any atom is -1.00 e. The Morgan fingerprint density at radius 3 is 2.57 bits per heavy atom. The van der Waals surface area contributed by atoms with Crippen LogP contribution in [0.4, 0.5) is 0 Å². The van der Waals surface area contributed by atoms with Crippen molar-refractivity contribution in [2.75, 3.05) is 6.61 Å². The Balaban J connectivity index is 0.000000980. The summed E-state index contributed by atoms with van der Waals surface area (Å²) in [5.74, 6) is 0.973. The van der Waals surface area contributed by atoms with E-state index in [1.54, 1.807) is 0 Å². The second kappa shape index (κ2) is 5.10. The molecule has 0 saturated heterocycles. The topological polar surface area (TPSA) is 9.23 Å². The molecule has 0 spiro atoms. The van der Waals surface area contributed by atoms with E-state index in [4.69, 9.17) is 4.74 Å². The maximum absolute atomic E-state index is 5.52. The molecule has 0 amide bonds. The molecular formula is C12H13LiO. The van der Waals surface area contributed by atoms with E-state index in [-0.39, 0.29) is 20.3 Å². The van der Waals surface area contributed by atoms with Crippen LogP contribution in [0.25, 0.3) is 10.8 Å². The van der Waals surface area contributed by atoms with Gasteiger partial charge in [0.25, 0.3) is 0 Å². The van der Waals surface area contributed by atoms with E-state index >= 15 is 0 Å². The third-order valence-corrected chi connectivity index (χ3v) is 2.05. The van der Waals surface area contributed by atoms with Crippen molar-refractivity contribution >= 4 is 10.8 Å². The standard InChI is InChI=1S/C12H12O.Li.H/c1-2-13-12-9-5-7-10-6-3-4-8-11(10)12;;/h3-9H,2H2,1H3;;/q;+1;-1. The predicted molar refractivity (Wildman–Crippen MR) is 56.2 cm³/mol. The summed E-state index contributed by atoms with van der Waals surface area (Å²) >= 11 is 0. The molecule has 1 nitrogen and oxygen atoms in total. The number of hydrogen-bond acceptors (Lipinski definition) is 1. The first-order valence-corrected chi connectivity index (χ1v) is 4.52. The van der Waals surface area contributed by atoms with Crippen LogP contribution in [-0.4, -0.2) is 6.61 Å². The van der Waals surface area contributed by atoms with Gasteiger partial charge in [-0.05, 0) is 18.4 Å². The molecule has 0 N–H and O–H groups in total. The maximum Gasteiger partial charge on any atom is 1.00 e. The Morgan fingerprint density at radius 2 is 1.79 bits per heavy atom. The fourth-order valence-corrected chi connectivity index (χ4v) is 1.48. The third-order valence-electron chi connectivity index (χ3n) is 2.05. The molecule has 2 aromatic carbocycles. The molecule has 0 saturated carbocycles. The van der Waals surface area contributed by atoms with Crippen LogP contribution in [0, 0.1) is 0 Å². The molecule has 0 radical (unpaired) electrons. The van der Waals surface area contributed by atoms with E-state index < -0.39 is 0 Å².